The molecule has 1 unspecified atom stereocenters. The standard InChI is InChI=1S/C19H22OS/c1-12-6-9-18(15(4)10-12)21-16(5)19(20)17-8-7-13(2)14(3)11-17/h6-11,16H,1-5H3. The van der Waals surface area contributed by atoms with Gasteiger partial charge in [-0.25, -0.2) is 0 Å². The van der Waals surface area contributed by atoms with Crippen LogP contribution in [0.15, 0.2) is 41.3 Å². The Kier molecular flexibility index (Phi) is 4.89. The van der Waals surface area contributed by atoms with Gasteiger partial charge in [0.15, 0.2) is 5.78 Å². The first kappa shape index (κ1) is 15.8. The summed E-state index contributed by atoms with van der Waals surface area (Å²) in [7, 11) is 0. The normalized spacial score (nSPS) is 12.2. The average molecular weight is 298 g/mol. The van der Waals surface area contributed by atoms with Crippen LogP contribution in [0.3, 0.4) is 0 Å². The summed E-state index contributed by atoms with van der Waals surface area (Å²) in [5.74, 6) is 0.197. The van der Waals surface area contributed by atoms with Crippen LogP contribution in [0.2, 0.25) is 0 Å². The van der Waals surface area contributed by atoms with Crippen molar-refractivity contribution in [1.82, 2.24) is 0 Å². The van der Waals surface area contributed by atoms with Gasteiger partial charge in [0.2, 0.25) is 0 Å². The molecular formula is C19H22OS. The third kappa shape index (κ3) is 3.76. The van der Waals surface area contributed by atoms with E-state index in [-0.39, 0.29) is 11.0 Å². The van der Waals surface area contributed by atoms with Crippen molar-refractivity contribution in [3.63, 3.8) is 0 Å². The Labute approximate surface area is 131 Å². The number of thioether (sulfide) groups is 1. The smallest absolute Gasteiger partial charge is 0.175 e. The molecule has 1 nitrogen and oxygen atoms in total. The van der Waals surface area contributed by atoms with Gasteiger partial charge in [0.05, 0.1) is 5.25 Å². The Morgan fingerprint density at radius 2 is 1.62 bits per heavy atom. The van der Waals surface area contributed by atoms with Crippen molar-refractivity contribution in [3.05, 3.63) is 64.2 Å². The summed E-state index contributed by atoms with van der Waals surface area (Å²) in [6.45, 7) is 10.3. The van der Waals surface area contributed by atoms with Crippen LogP contribution >= 0.6 is 11.8 Å². The lowest BCUT2D eigenvalue weighted by molar-refractivity contribution is 0.0994. The highest BCUT2D eigenvalue weighted by atomic mass is 32.2. The van der Waals surface area contributed by atoms with Crippen molar-refractivity contribution < 1.29 is 4.79 Å². The van der Waals surface area contributed by atoms with E-state index in [1.165, 1.54) is 27.1 Å². The minimum Gasteiger partial charge on any atom is -0.293 e. The second kappa shape index (κ2) is 6.48. The van der Waals surface area contributed by atoms with E-state index in [0.717, 1.165) is 5.56 Å². The molecule has 0 bridgehead atoms. The number of aryl methyl sites for hydroxylation is 4. The number of carbonyl (C=O) groups excluding carboxylic acids is 1. The lowest BCUT2D eigenvalue weighted by Crippen LogP contribution is -2.14. The van der Waals surface area contributed by atoms with Gasteiger partial charge in [-0.15, -0.1) is 11.8 Å². The van der Waals surface area contributed by atoms with Gasteiger partial charge in [0, 0.05) is 10.5 Å². The Morgan fingerprint density at radius 3 is 2.24 bits per heavy atom. The predicted octanol–water partition coefficient (Wildman–Crippen LogP) is 5.28. The quantitative estimate of drug-likeness (QED) is 0.564. The minimum atomic E-state index is -0.0755. The summed E-state index contributed by atoms with van der Waals surface area (Å²) in [5, 5.41) is -0.0755. The average Bonchev–Trinajstić information content (AvgIpc) is 2.44. The second-order valence-electron chi connectivity index (χ2n) is 5.69. The Morgan fingerprint density at radius 1 is 0.905 bits per heavy atom. The van der Waals surface area contributed by atoms with Crippen LogP contribution in [-0.2, 0) is 0 Å². The fourth-order valence-electron chi connectivity index (χ4n) is 2.30. The van der Waals surface area contributed by atoms with Crippen molar-refractivity contribution in [2.45, 2.75) is 44.8 Å². The molecule has 1 atom stereocenters. The van der Waals surface area contributed by atoms with E-state index in [0.29, 0.717) is 0 Å². The third-order valence-electron chi connectivity index (χ3n) is 3.79. The van der Waals surface area contributed by atoms with Crippen molar-refractivity contribution in [2.24, 2.45) is 0 Å². The van der Waals surface area contributed by atoms with Crippen molar-refractivity contribution >= 4 is 17.5 Å². The van der Waals surface area contributed by atoms with Crippen LogP contribution < -0.4 is 0 Å². The summed E-state index contributed by atoms with van der Waals surface area (Å²) < 4.78 is 0. The minimum absolute atomic E-state index is 0.0755. The maximum Gasteiger partial charge on any atom is 0.175 e. The number of hydrogen-bond donors (Lipinski definition) is 0. The monoisotopic (exact) mass is 298 g/mol. The van der Waals surface area contributed by atoms with Gasteiger partial charge in [-0.3, -0.25) is 4.79 Å². The predicted molar refractivity (Wildman–Crippen MR) is 91.5 cm³/mol. The maximum atomic E-state index is 12.6. The summed E-state index contributed by atoms with van der Waals surface area (Å²) in [6.07, 6.45) is 0. The molecule has 2 aromatic rings. The molecule has 2 heteroatoms. The zero-order valence-corrected chi connectivity index (χ0v) is 14.2. The van der Waals surface area contributed by atoms with Gasteiger partial charge >= 0.3 is 0 Å². The van der Waals surface area contributed by atoms with E-state index in [4.69, 9.17) is 0 Å². The Balaban J connectivity index is 2.17. The van der Waals surface area contributed by atoms with Crippen molar-refractivity contribution in [3.8, 4) is 0 Å². The summed E-state index contributed by atoms with van der Waals surface area (Å²) >= 11 is 1.64. The zero-order chi connectivity index (χ0) is 15.6. The molecule has 0 radical (unpaired) electrons. The molecule has 0 aliphatic rings. The van der Waals surface area contributed by atoms with Gasteiger partial charge in [0.25, 0.3) is 0 Å². The molecule has 0 fully saturated rings. The molecule has 0 spiro atoms. The molecule has 0 aliphatic heterocycles. The van der Waals surface area contributed by atoms with Crippen molar-refractivity contribution in [1.29, 1.82) is 0 Å². The summed E-state index contributed by atoms with van der Waals surface area (Å²) in [4.78, 5) is 13.8. The summed E-state index contributed by atoms with van der Waals surface area (Å²) in [6, 6.07) is 12.3. The fraction of sp³-hybridized carbons (Fsp3) is 0.316. The molecule has 0 N–H and O–H groups in total. The summed E-state index contributed by atoms with van der Waals surface area (Å²) in [5.41, 5.74) is 5.69. The van der Waals surface area contributed by atoms with Gasteiger partial charge in [0.1, 0.15) is 0 Å². The Bertz CT molecular complexity index is 673. The van der Waals surface area contributed by atoms with Crippen LogP contribution in [-0.4, -0.2) is 11.0 Å². The number of hydrogen-bond acceptors (Lipinski definition) is 2. The molecule has 2 rings (SSSR count). The molecule has 0 amide bonds. The van der Waals surface area contributed by atoms with E-state index >= 15 is 0 Å². The van der Waals surface area contributed by atoms with Gasteiger partial charge in [-0.05, 0) is 63.4 Å². The van der Waals surface area contributed by atoms with E-state index < -0.39 is 0 Å². The van der Waals surface area contributed by atoms with E-state index in [2.05, 4.69) is 39.0 Å². The molecule has 2 aromatic carbocycles. The zero-order valence-electron chi connectivity index (χ0n) is 13.4. The highest BCUT2D eigenvalue weighted by molar-refractivity contribution is 8.00. The van der Waals surface area contributed by atoms with Gasteiger partial charge in [-0.1, -0.05) is 29.8 Å². The molecule has 0 aliphatic carbocycles. The van der Waals surface area contributed by atoms with E-state index in [1.807, 2.05) is 32.0 Å². The number of rotatable bonds is 4. The van der Waals surface area contributed by atoms with E-state index in [1.54, 1.807) is 11.8 Å². The first-order valence-corrected chi connectivity index (χ1v) is 8.12. The van der Waals surface area contributed by atoms with E-state index in [9.17, 15) is 4.79 Å². The van der Waals surface area contributed by atoms with Crippen LogP contribution in [0, 0.1) is 27.7 Å². The number of ketones is 1. The lowest BCUT2D eigenvalue weighted by atomic mass is 10.0. The second-order valence-corrected chi connectivity index (χ2v) is 7.07. The number of carbonyl (C=O) groups is 1. The van der Waals surface area contributed by atoms with Crippen LogP contribution in [0.5, 0.6) is 0 Å². The topological polar surface area (TPSA) is 17.1 Å². The highest BCUT2D eigenvalue weighted by Gasteiger charge is 2.17. The molecule has 0 saturated heterocycles. The van der Waals surface area contributed by atoms with Crippen molar-refractivity contribution in [2.75, 3.05) is 0 Å². The molecule has 21 heavy (non-hydrogen) atoms. The molecule has 0 aromatic heterocycles. The number of benzene rings is 2. The highest BCUT2D eigenvalue weighted by Crippen LogP contribution is 2.29. The molecular weight excluding hydrogens is 276 g/mol. The number of Topliss-reactive ketones (excluding diaryl/α,β-unsaturated/α-hetero) is 1. The maximum absolute atomic E-state index is 12.6. The molecule has 0 heterocycles. The first-order chi connectivity index (χ1) is 9.88. The Hall–Kier alpha value is -1.54. The van der Waals surface area contributed by atoms with Crippen LogP contribution in [0.4, 0.5) is 0 Å². The largest absolute Gasteiger partial charge is 0.293 e. The van der Waals surface area contributed by atoms with Crippen LogP contribution in [0.1, 0.15) is 39.5 Å². The molecule has 0 saturated carbocycles. The third-order valence-corrected chi connectivity index (χ3v) is 5.07. The SMILES string of the molecule is Cc1ccc(SC(C)C(=O)c2ccc(C)c(C)c2)c(C)c1. The van der Waals surface area contributed by atoms with Crippen LogP contribution in [0.25, 0.3) is 0 Å². The molecule has 110 valence electrons. The van der Waals surface area contributed by atoms with Gasteiger partial charge < -0.3 is 0 Å². The fourth-order valence-corrected chi connectivity index (χ4v) is 3.32. The van der Waals surface area contributed by atoms with Gasteiger partial charge in [-0.2, -0.15) is 0 Å². The first-order valence-electron chi connectivity index (χ1n) is 7.24. The lowest BCUT2D eigenvalue weighted by Gasteiger charge is -2.13.